The molecule has 2 aromatic carbocycles. The molecule has 2 rings (SSSR count). The molecule has 0 aliphatic carbocycles. The van der Waals surface area contributed by atoms with Gasteiger partial charge >= 0.3 is 12.3 Å². The van der Waals surface area contributed by atoms with E-state index >= 15 is 0 Å². The molecule has 5 nitrogen and oxygen atoms in total. The lowest BCUT2D eigenvalue weighted by atomic mass is 9.98. The molecule has 0 unspecified atom stereocenters. The number of alkyl halides is 3. The number of hydrogen-bond donors (Lipinski definition) is 1. The van der Waals surface area contributed by atoms with E-state index in [1.807, 2.05) is 37.3 Å². The van der Waals surface area contributed by atoms with E-state index in [4.69, 9.17) is 4.74 Å². The summed E-state index contributed by atoms with van der Waals surface area (Å²) in [6, 6.07) is 14.0. The number of rotatable bonds is 7. The van der Waals surface area contributed by atoms with E-state index in [2.05, 4.69) is 10.1 Å². The van der Waals surface area contributed by atoms with E-state index in [1.54, 1.807) is 0 Å². The minimum Gasteiger partial charge on any atom is -0.456 e. The van der Waals surface area contributed by atoms with Gasteiger partial charge in [-0.05, 0) is 35.7 Å². The Bertz CT molecular complexity index is 761. The van der Waals surface area contributed by atoms with Crippen LogP contribution in [0.1, 0.15) is 24.8 Å². The van der Waals surface area contributed by atoms with E-state index in [1.165, 1.54) is 12.1 Å². The number of nitrogens with one attached hydrogen (secondary N) is 1. The highest BCUT2D eigenvalue weighted by Crippen LogP contribution is 2.24. The first-order chi connectivity index (χ1) is 12.7. The van der Waals surface area contributed by atoms with Gasteiger partial charge in [0.15, 0.2) is 6.61 Å². The number of anilines is 1. The maximum Gasteiger partial charge on any atom is 0.573 e. The second-order valence-electron chi connectivity index (χ2n) is 5.80. The van der Waals surface area contributed by atoms with Gasteiger partial charge in [-0.3, -0.25) is 9.59 Å². The molecular weight excluding hydrogens is 363 g/mol. The van der Waals surface area contributed by atoms with Gasteiger partial charge in [-0.25, -0.2) is 0 Å². The summed E-state index contributed by atoms with van der Waals surface area (Å²) in [5.74, 6) is -1.57. The summed E-state index contributed by atoms with van der Waals surface area (Å²) in [6.45, 7) is 1.39. The van der Waals surface area contributed by atoms with Crippen LogP contribution in [-0.4, -0.2) is 24.8 Å². The van der Waals surface area contributed by atoms with Crippen LogP contribution in [0.15, 0.2) is 54.6 Å². The lowest BCUT2D eigenvalue weighted by Gasteiger charge is -2.12. The van der Waals surface area contributed by atoms with Crippen molar-refractivity contribution in [1.29, 1.82) is 0 Å². The minimum absolute atomic E-state index is 0.0528. The predicted octanol–water partition coefficient (Wildman–Crippen LogP) is 4.26. The number of hydrogen-bond acceptors (Lipinski definition) is 4. The van der Waals surface area contributed by atoms with Gasteiger partial charge in [0, 0.05) is 5.69 Å². The Labute approximate surface area is 154 Å². The SMILES string of the molecule is C[C@@H](CC(=O)OCC(=O)Nc1ccc(OC(F)(F)F)cc1)c1ccccc1. The largest absolute Gasteiger partial charge is 0.573 e. The van der Waals surface area contributed by atoms with Gasteiger partial charge in [0.2, 0.25) is 0 Å². The number of amides is 1. The van der Waals surface area contributed by atoms with Gasteiger partial charge in [-0.2, -0.15) is 0 Å². The molecule has 0 saturated heterocycles. The predicted molar refractivity (Wildman–Crippen MR) is 92.2 cm³/mol. The summed E-state index contributed by atoms with van der Waals surface area (Å²) in [4.78, 5) is 23.6. The second kappa shape index (κ2) is 9.07. The fourth-order valence-corrected chi connectivity index (χ4v) is 2.29. The molecule has 0 bridgehead atoms. The van der Waals surface area contributed by atoms with Crippen molar-refractivity contribution in [2.75, 3.05) is 11.9 Å². The van der Waals surface area contributed by atoms with Crippen molar-refractivity contribution < 1.29 is 32.2 Å². The van der Waals surface area contributed by atoms with Crippen molar-refractivity contribution in [2.24, 2.45) is 0 Å². The van der Waals surface area contributed by atoms with Gasteiger partial charge in [0.1, 0.15) is 5.75 Å². The number of halogens is 3. The topological polar surface area (TPSA) is 64.6 Å². The van der Waals surface area contributed by atoms with Crippen LogP contribution >= 0.6 is 0 Å². The summed E-state index contributed by atoms with van der Waals surface area (Å²) >= 11 is 0. The highest BCUT2D eigenvalue weighted by molar-refractivity contribution is 5.92. The van der Waals surface area contributed by atoms with E-state index in [0.29, 0.717) is 0 Å². The van der Waals surface area contributed by atoms with Gasteiger partial charge in [-0.15, -0.1) is 13.2 Å². The zero-order valence-corrected chi connectivity index (χ0v) is 14.5. The molecule has 8 heteroatoms. The highest BCUT2D eigenvalue weighted by atomic mass is 19.4. The zero-order valence-electron chi connectivity index (χ0n) is 14.5. The lowest BCUT2D eigenvalue weighted by molar-refractivity contribution is -0.274. The Hall–Kier alpha value is -3.03. The third-order valence-electron chi connectivity index (χ3n) is 3.58. The molecule has 27 heavy (non-hydrogen) atoms. The molecule has 0 aliphatic rings. The Morgan fingerprint density at radius 1 is 1.04 bits per heavy atom. The normalized spacial score (nSPS) is 12.1. The maximum absolute atomic E-state index is 12.1. The standard InChI is InChI=1S/C19H18F3NO4/c1-13(14-5-3-2-4-6-14)11-18(25)26-12-17(24)23-15-7-9-16(10-8-15)27-19(20,21)22/h2-10,13H,11-12H2,1H3,(H,23,24)/t13-/m0/s1. The molecule has 1 atom stereocenters. The van der Waals surface area contributed by atoms with Crippen LogP contribution in [0.25, 0.3) is 0 Å². The smallest absolute Gasteiger partial charge is 0.456 e. The first-order valence-electron chi connectivity index (χ1n) is 8.09. The van der Waals surface area contributed by atoms with Crippen molar-refractivity contribution in [1.82, 2.24) is 0 Å². The fraction of sp³-hybridized carbons (Fsp3) is 0.263. The first kappa shape index (κ1) is 20.3. The molecule has 0 saturated carbocycles. The lowest BCUT2D eigenvalue weighted by Crippen LogP contribution is -2.21. The number of benzene rings is 2. The van der Waals surface area contributed by atoms with Gasteiger partial charge in [0.05, 0.1) is 6.42 Å². The van der Waals surface area contributed by atoms with Crippen molar-refractivity contribution in [2.45, 2.75) is 25.6 Å². The number of carbonyl (C=O) groups excluding carboxylic acids is 2. The summed E-state index contributed by atoms with van der Waals surface area (Å²) in [5.41, 5.74) is 1.24. The Morgan fingerprint density at radius 2 is 1.67 bits per heavy atom. The zero-order chi connectivity index (χ0) is 19.9. The minimum atomic E-state index is -4.78. The molecule has 0 aliphatic heterocycles. The van der Waals surface area contributed by atoms with Crippen molar-refractivity contribution >= 4 is 17.6 Å². The van der Waals surface area contributed by atoms with Crippen molar-refractivity contribution in [3.05, 3.63) is 60.2 Å². The van der Waals surface area contributed by atoms with E-state index < -0.39 is 30.6 Å². The van der Waals surface area contributed by atoms with Crippen molar-refractivity contribution in [3.8, 4) is 5.75 Å². The monoisotopic (exact) mass is 381 g/mol. The van der Waals surface area contributed by atoms with E-state index in [-0.39, 0.29) is 18.0 Å². The number of esters is 1. The molecule has 2 aromatic rings. The van der Waals surface area contributed by atoms with Crippen LogP contribution in [0.3, 0.4) is 0 Å². The van der Waals surface area contributed by atoms with Crippen molar-refractivity contribution in [3.63, 3.8) is 0 Å². The van der Waals surface area contributed by atoms with Crippen LogP contribution in [0.2, 0.25) is 0 Å². The summed E-state index contributed by atoms with van der Waals surface area (Å²) in [7, 11) is 0. The second-order valence-corrected chi connectivity index (χ2v) is 5.80. The molecule has 0 aromatic heterocycles. The Morgan fingerprint density at radius 3 is 2.26 bits per heavy atom. The molecular formula is C19H18F3NO4. The highest BCUT2D eigenvalue weighted by Gasteiger charge is 2.30. The van der Waals surface area contributed by atoms with E-state index in [0.717, 1.165) is 17.7 Å². The van der Waals surface area contributed by atoms with Gasteiger partial charge < -0.3 is 14.8 Å². The molecule has 0 heterocycles. The summed E-state index contributed by atoms with van der Waals surface area (Å²) < 4.78 is 44.9. The molecule has 0 radical (unpaired) electrons. The fourth-order valence-electron chi connectivity index (χ4n) is 2.29. The van der Waals surface area contributed by atoms with Crippen LogP contribution in [0.4, 0.5) is 18.9 Å². The van der Waals surface area contributed by atoms with Crippen LogP contribution in [0.5, 0.6) is 5.75 Å². The number of ether oxygens (including phenoxy) is 2. The molecule has 144 valence electrons. The van der Waals surface area contributed by atoms with Gasteiger partial charge in [0.25, 0.3) is 5.91 Å². The molecule has 1 amide bonds. The Kier molecular flexibility index (Phi) is 6.81. The Balaban J connectivity index is 1.76. The van der Waals surface area contributed by atoms with Gasteiger partial charge in [-0.1, -0.05) is 37.3 Å². The maximum atomic E-state index is 12.1. The molecule has 1 N–H and O–H groups in total. The average molecular weight is 381 g/mol. The van der Waals surface area contributed by atoms with E-state index in [9.17, 15) is 22.8 Å². The summed E-state index contributed by atoms with van der Waals surface area (Å²) in [5, 5.41) is 2.42. The first-order valence-corrected chi connectivity index (χ1v) is 8.09. The van der Waals surface area contributed by atoms with Crippen LogP contribution in [-0.2, 0) is 14.3 Å². The molecule has 0 spiro atoms. The number of carbonyl (C=O) groups is 2. The third kappa shape index (κ3) is 7.39. The molecule has 0 fully saturated rings. The summed E-state index contributed by atoms with van der Waals surface area (Å²) in [6.07, 6.45) is -4.66. The third-order valence-corrected chi connectivity index (χ3v) is 3.58. The van der Waals surface area contributed by atoms with Crippen LogP contribution in [0, 0.1) is 0 Å². The quantitative estimate of drug-likeness (QED) is 0.728. The average Bonchev–Trinajstić information content (AvgIpc) is 2.61. The van der Waals surface area contributed by atoms with Crippen LogP contribution < -0.4 is 10.1 Å².